The van der Waals surface area contributed by atoms with Gasteiger partial charge in [0.25, 0.3) is 0 Å². The Labute approximate surface area is 134 Å². The average molecular weight is 307 g/mol. The Hall–Kier alpha value is -2.88. The number of carboxylic acids is 1. The highest BCUT2D eigenvalue weighted by molar-refractivity contribution is 6.04. The number of para-hydroxylation sites is 1. The van der Waals surface area contributed by atoms with Gasteiger partial charge in [-0.2, -0.15) is 0 Å². The Bertz CT molecular complexity index is 887. The van der Waals surface area contributed by atoms with Gasteiger partial charge in [0.15, 0.2) is 0 Å². The highest BCUT2D eigenvalue weighted by atomic mass is 16.5. The molecule has 0 aliphatic rings. The summed E-state index contributed by atoms with van der Waals surface area (Å²) < 4.78 is 5.36. The van der Waals surface area contributed by atoms with E-state index in [0.717, 1.165) is 17.5 Å². The van der Waals surface area contributed by atoms with Crippen LogP contribution in [-0.4, -0.2) is 23.2 Å². The van der Waals surface area contributed by atoms with Gasteiger partial charge in [0.2, 0.25) is 0 Å². The van der Waals surface area contributed by atoms with Crippen LogP contribution in [0.25, 0.3) is 22.2 Å². The van der Waals surface area contributed by atoms with Gasteiger partial charge in [0.05, 0.1) is 23.9 Å². The third-order valence-electron chi connectivity index (χ3n) is 3.89. The first-order valence-corrected chi connectivity index (χ1v) is 7.44. The number of carbonyl (C=O) groups is 1. The van der Waals surface area contributed by atoms with E-state index in [0.29, 0.717) is 22.3 Å². The maximum absolute atomic E-state index is 11.7. The van der Waals surface area contributed by atoms with Crippen LogP contribution in [0, 0.1) is 0 Å². The minimum atomic E-state index is -0.957. The van der Waals surface area contributed by atoms with Gasteiger partial charge in [-0.05, 0) is 42.3 Å². The van der Waals surface area contributed by atoms with E-state index in [1.807, 2.05) is 49.4 Å². The third-order valence-corrected chi connectivity index (χ3v) is 3.89. The Kier molecular flexibility index (Phi) is 3.98. The topological polar surface area (TPSA) is 59.4 Å². The van der Waals surface area contributed by atoms with Crippen molar-refractivity contribution in [2.75, 3.05) is 7.11 Å². The molecule has 4 heteroatoms. The van der Waals surface area contributed by atoms with Gasteiger partial charge in [0.1, 0.15) is 5.75 Å². The minimum Gasteiger partial charge on any atom is -0.496 e. The molecule has 0 saturated heterocycles. The van der Waals surface area contributed by atoms with Gasteiger partial charge < -0.3 is 9.84 Å². The molecular weight excluding hydrogens is 290 g/mol. The SMILES string of the molecule is CCc1ccc2nc(-c3ccccc3OC)cc(C(=O)O)c2c1. The fraction of sp³-hybridized carbons (Fsp3) is 0.158. The first-order valence-electron chi connectivity index (χ1n) is 7.44. The fourth-order valence-corrected chi connectivity index (χ4v) is 2.66. The van der Waals surface area contributed by atoms with E-state index < -0.39 is 5.97 Å². The number of nitrogens with zero attached hydrogens (tertiary/aromatic N) is 1. The smallest absolute Gasteiger partial charge is 0.336 e. The van der Waals surface area contributed by atoms with Crippen molar-refractivity contribution in [1.82, 2.24) is 4.98 Å². The van der Waals surface area contributed by atoms with E-state index in [1.165, 1.54) is 0 Å². The molecule has 0 aliphatic carbocycles. The van der Waals surface area contributed by atoms with Gasteiger partial charge in [-0.3, -0.25) is 0 Å². The van der Waals surface area contributed by atoms with Crippen LogP contribution in [0.5, 0.6) is 5.75 Å². The van der Waals surface area contributed by atoms with Crippen LogP contribution in [-0.2, 0) is 6.42 Å². The molecule has 0 aliphatic heterocycles. The van der Waals surface area contributed by atoms with E-state index in [-0.39, 0.29) is 5.56 Å². The second kappa shape index (κ2) is 6.08. The summed E-state index contributed by atoms with van der Waals surface area (Å²) in [7, 11) is 1.59. The number of fused-ring (bicyclic) bond motifs is 1. The van der Waals surface area contributed by atoms with Gasteiger partial charge in [-0.25, -0.2) is 9.78 Å². The quantitative estimate of drug-likeness (QED) is 0.786. The first kappa shape index (κ1) is 15.0. The molecule has 116 valence electrons. The standard InChI is InChI=1S/C19H17NO3/c1-3-12-8-9-16-14(10-12)15(19(21)22)11-17(20-16)13-6-4-5-7-18(13)23-2/h4-11H,3H2,1-2H3,(H,21,22). The van der Waals surface area contributed by atoms with Gasteiger partial charge in [-0.15, -0.1) is 0 Å². The highest BCUT2D eigenvalue weighted by Gasteiger charge is 2.15. The summed E-state index contributed by atoms with van der Waals surface area (Å²) >= 11 is 0. The molecular formula is C19H17NO3. The second-order valence-corrected chi connectivity index (χ2v) is 5.27. The predicted molar refractivity (Wildman–Crippen MR) is 90.1 cm³/mol. The minimum absolute atomic E-state index is 0.256. The third kappa shape index (κ3) is 2.75. The van der Waals surface area contributed by atoms with E-state index in [9.17, 15) is 9.90 Å². The molecule has 0 radical (unpaired) electrons. The number of benzene rings is 2. The molecule has 3 rings (SSSR count). The van der Waals surface area contributed by atoms with Crippen molar-refractivity contribution in [2.24, 2.45) is 0 Å². The Morgan fingerprint density at radius 1 is 1.17 bits per heavy atom. The lowest BCUT2D eigenvalue weighted by molar-refractivity contribution is 0.0699. The number of hydrogen-bond donors (Lipinski definition) is 1. The summed E-state index contributed by atoms with van der Waals surface area (Å²) in [6.07, 6.45) is 0.850. The zero-order chi connectivity index (χ0) is 16.4. The van der Waals surface area contributed by atoms with Gasteiger partial charge in [-0.1, -0.05) is 25.1 Å². The number of hydrogen-bond acceptors (Lipinski definition) is 3. The van der Waals surface area contributed by atoms with Crippen molar-refractivity contribution in [1.29, 1.82) is 0 Å². The van der Waals surface area contributed by atoms with Crippen molar-refractivity contribution in [3.05, 3.63) is 59.7 Å². The van der Waals surface area contributed by atoms with Crippen molar-refractivity contribution in [3.63, 3.8) is 0 Å². The number of aromatic nitrogens is 1. The average Bonchev–Trinajstić information content (AvgIpc) is 2.60. The van der Waals surface area contributed by atoms with Crippen LogP contribution in [0.1, 0.15) is 22.8 Å². The lowest BCUT2D eigenvalue weighted by Gasteiger charge is -2.11. The molecule has 1 N–H and O–H groups in total. The predicted octanol–water partition coefficient (Wildman–Crippen LogP) is 4.17. The molecule has 4 nitrogen and oxygen atoms in total. The Morgan fingerprint density at radius 3 is 2.65 bits per heavy atom. The number of aryl methyl sites for hydroxylation is 1. The highest BCUT2D eigenvalue weighted by Crippen LogP contribution is 2.31. The normalized spacial score (nSPS) is 10.7. The summed E-state index contributed by atoms with van der Waals surface area (Å²) in [5, 5.41) is 10.2. The maximum atomic E-state index is 11.7. The van der Waals surface area contributed by atoms with E-state index >= 15 is 0 Å². The summed E-state index contributed by atoms with van der Waals surface area (Å²) in [5.41, 5.74) is 3.39. The van der Waals surface area contributed by atoms with Crippen LogP contribution in [0.4, 0.5) is 0 Å². The molecule has 0 atom stereocenters. The van der Waals surface area contributed by atoms with Gasteiger partial charge in [0, 0.05) is 10.9 Å². The van der Waals surface area contributed by atoms with Crippen molar-refractivity contribution >= 4 is 16.9 Å². The Balaban J connectivity index is 2.29. The summed E-state index contributed by atoms with van der Waals surface area (Å²) in [5.74, 6) is -0.289. The molecule has 3 aromatic rings. The largest absolute Gasteiger partial charge is 0.496 e. The van der Waals surface area contributed by atoms with Crippen LogP contribution in [0.15, 0.2) is 48.5 Å². The van der Waals surface area contributed by atoms with Crippen LogP contribution in [0.2, 0.25) is 0 Å². The zero-order valence-electron chi connectivity index (χ0n) is 13.0. The van der Waals surface area contributed by atoms with Crippen molar-refractivity contribution < 1.29 is 14.6 Å². The molecule has 0 unspecified atom stereocenters. The van der Waals surface area contributed by atoms with Crippen LogP contribution < -0.4 is 4.74 Å². The number of rotatable bonds is 4. The monoisotopic (exact) mass is 307 g/mol. The fourth-order valence-electron chi connectivity index (χ4n) is 2.66. The van der Waals surface area contributed by atoms with Gasteiger partial charge >= 0.3 is 5.97 Å². The Morgan fingerprint density at radius 2 is 1.96 bits per heavy atom. The molecule has 0 saturated carbocycles. The summed E-state index contributed by atoms with van der Waals surface area (Å²) in [6.45, 7) is 2.04. The number of aromatic carboxylic acids is 1. The molecule has 2 aromatic carbocycles. The first-order chi connectivity index (χ1) is 11.1. The molecule has 1 aromatic heterocycles. The summed E-state index contributed by atoms with van der Waals surface area (Å²) in [6, 6.07) is 14.8. The van der Waals surface area contributed by atoms with E-state index in [2.05, 4.69) is 4.98 Å². The lowest BCUT2D eigenvalue weighted by atomic mass is 10.0. The van der Waals surface area contributed by atoms with E-state index in [1.54, 1.807) is 13.2 Å². The molecule has 1 heterocycles. The molecule has 0 bridgehead atoms. The van der Waals surface area contributed by atoms with Crippen LogP contribution in [0.3, 0.4) is 0 Å². The number of pyridine rings is 1. The van der Waals surface area contributed by atoms with Crippen molar-refractivity contribution in [3.8, 4) is 17.0 Å². The number of ether oxygens (including phenoxy) is 1. The lowest BCUT2D eigenvalue weighted by Crippen LogP contribution is -2.01. The molecule has 23 heavy (non-hydrogen) atoms. The number of carboxylic acid groups (broad SMARTS) is 1. The molecule has 0 fully saturated rings. The molecule has 0 amide bonds. The maximum Gasteiger partial charge on any atom is 0.336 e. The number of methoxy groups -OCH3 is 1. The van der Waals surface area contributed by atoms with Crippen LogP contribution >= 0.6 is 0 Å². The van der Waals surface area contributed by atoms with Crippen molar-refractivity contribution in [2.45, 2.75) is 13.3 Å². The van der Waals surface area contributed by atoms with E-state index in [4.69, 9.17) is 4.74 Å². The summed E-state index contributed by atoms with van der Waals surface area (Å²) in [4.78, 5) is 16.3. The molecule has 0 spiro atoms. The second-order valence-electron chi connectivity index (χ2n) is 5.27. The zero-order valence-corrected chi connectivity index (χ0v) is 13.0.